The van der Waals surface area contributed by atoms with Gasteiger partial charge >= 0.3 is 0 Å². The van der Waals surface area contributed by atoms with Gasteiger partial charge in [0, 0.05) is 5.88 Å². The second-order valence-corrected chi connectivity index (χ2v) is 4.00. The topological polar surface area (TPSA) is 9.23 Å². The van der Waals surface area contributed by atoms with E-state index in [2.05, 4.69) is 32.9 Å². The van der Waals surface area contributed by atoms with Crippen molar-refractivity contribution in [2.24, 2.45) is 0 Å². The Balaban J connectivity index is 2.75. The Labute approximate surface area is 91.0 Å². The summed E-state index contributed by atoms with van der Waals surface area (Å²) in [6.07, 6.45) is 0.897. The average molecular weight is 213 g/mol. The third kappa shape index (κ3) is 2.91. The number of hydrogen-bond acceptors (Lipinski definition) is 1. The molecule has 0 saturated carbocycles. The van der Waals surface area contributed by atoms with E-state index in [0.717, 1.165) is 12.2 Å². The SMILES string of the molecule is Cc1cc(C)c(OCCCCl)c(C)c1. The van der Waals surface area contributed by atoms with E-state index in [1.54, 1.807) is 0 Å². The Hall–Kier alpha value is -0.690. The van der Waals surface area contributed by atoms with Crippen LogP contribution in [-0.4, -0.2) is 12.5 Å². The molecule has 14 heavy (non-hydrogen) atoms. The minimum atomic E-state index is 0.657. The maximum Gasteiger partial charge on any atom is 0.125 e. The lowest BCUT2D eigenvalue weighted by Gasteiger charge is -2.12. The lowest BCUT2D eigenvalue weighted by Crippen LogP contribution is -2.01. The Morgan fingerprint density at radius 1 is 1.14 bits per heavy atom. The van der Waals surface area contributed by atoms with Crippen molar-refractivity contribution in [1.82, 2.24) is 0 Å². The van der Waals surface area contributed by atoms with Crippen LogP contribution in [-0.2, 0) is 0 Å². The molecular weight excluding hydrogens is 196 g/mol. The molecule has 1 nitrogen and oxygen atoms in total. The first kappa shape index (κ1) is 11.4. The van der Waals surface area contributed by atoms with Crippen LogP contribution in [0.5, 0.6) is 5.75 Å². The lowest BCUT2D eigenvalue weighted by molar-refractivity contribution is 0.314. The monoisotopic (exact) mass is 212 g/mol. The standard InChI is InChI=1S/C12H17ClO/c1-9-7-10(2)12(11(3)8-9)14-6-4-5-13/h7-8H,4-6H2,1-3H3. The molecule has 78 valence electrons. The summed E-state index contributed by atoms with van der Waals surface area (Å²) in [5.74, 6) is 1.67. The summed E-state index contributed by atoms with van der Waals surface area (Å²) >= 11 is 5.59. The third-order valence-corrected chi connectivity index (χ3v) is 2.40. The van der Waals surface area contributed by atoms with Crippen LogP contribution in [0, 0.1) is 20.8 Å². The summed E-state index contributed by atoms with van der Waals surface area (Å²) in [5, 5.41) is 0. The van der Waals surface area contributed by atoms with E-state index in [9.17, 15) is 0 Å². The molecule has 0 atom stereocenters. The first-order valence-corrected chi connectivity index (χ1v) is 5.45. The average Bonchev–Trinajstić information content (AvgIpc) is 2.09. The highest BCUT2D eigenvalue weighted by Crippen LogP contribution is 2.24. The molecule has 0 unspecified atom stereocenters. The van der Waals surface area contributed by atoms with Gasteiger partial charge in [-0.25, -0.2) is 0 Å². The van der Waals surface area contributed by atoms with Crippen molar-refractivity contribution in [1.29, 1.82) is 0 Å². The zero-order chi connectivity index (χ0) is 10.6. The first-order valence-electron chi connectivity index (χ1n) is 4.91. The van der Waals surface area contributed by atoms with Gasteiger partial charge in [0.1, 0.15) is 5.75 Å². The van der Waals surface area contributed by atoms with E-state index < -0.39 is 0 Å². The van der Waals surface area contributed by atoms with Gasteiger partial charge in [0.15, 0.2) is 0 Å². The maximum atomic E-state index is 5.68. The van der Waals surface area contributed by atoms with Gasteiger partial charge in [0.25, 0.3) is 0 Å². The van der Waals surface area contributed by atoms with Crippen molar-refractivity contribution in [3.63, 3.8) is 0 Å². The summed E-state index contributed by atoms with van der Waals surface area (Å²) in [7, 11) is 0. The fraction of sp³-hybridized carbons (Fsp3) is 0.500. The number of rotatable bonds is 4. The fourth-order valence-electron chi connectivity index (χ4n) is 1.62. The quantitative estimate of drug-likeness (QED) is 0.547. The van der Waals surface area contributed by atoms with Gasteiger partial charge in [-0.3, -0.25) is 0 Å². The van der Waals surface area contributed by atoms with Crippen LogP contribution < -0.4 is 4.74 Å². The molecule has 1 aromatic rings. The van der Waals surface area contributed by atoms with E-state index in [4.69, 9.17) is 16.3 Å². The summed E-state index contributed by atoms with van der Waals surface area (Å²) < 4.78 is 5.68. The zero-order valence-corrected chi connectivity index (χ0v) is 9.82. The van der Waals surface area contributed by atoms with E-state index in [1.807, 2.05) is 0 Å². The van der Waals surface area contributed by atoms with Gasteiger partial charge in [-0.2, -0.15) is 0 Å². The van der Waals surface area contributed by atoms with Gasteiger partial charge in [-0.05, 0) is 38.3 Å². The number of ether oxygens (including phenoxy) is 1. The van der Waals surface area contributed by atoms with E-state index in [-0.39, 0.29) is 0 Å². The maximum absolute atomic E-state index is 5.68. The Morgan fingerprint density at radius 2 is 1.71 bits per heavy atom. The molecule has 0 amide bonds. The summed E-state index contributed by atoms with van der Waals surface area (Å²) in [6.45, 7) is 6.96. The summed E-state index contributed by atoms with van der Waals surface area (Å²) in [6, 6.07) is 4.28. The fourth-order valence-corrected chi connectivity index (χ4v) is 1.73. The molecule has 0 spiro atoms. The van der Waals surface area contributed by atoms with Crippen LogP contribution in [0.15, 0.2) is 12.1 Å². The Kier molecular flexibility index (Phi) is 4.27. The van der Waals surface area contributed by atoms with E-state index in [0.29, 0.717) is 12.5 Å². The predicted molar refractivity (Wildman–Crippen MR) is 61.5 cm³/mol. The van der Waals surface area contributed by atoms with Crippen LogP contribution in [0.4, 0.5) is 0 Å². The first-order chi connectivity index (χ1) is 6.65. The van der Waals surface area contributed by atoms with Gasteiger partial charge in [0.2, 0.25) is 0 Å². The highest BCUT2D eigenvalue weighted by atomic mass is 35.5. The number of aryl methyl sites for hydroxylation is 3. The number of benzene rings is 1. The number of hydrogen-bond donors (Lipinski definition) is 0. The van der Waals surface area contributed by atoms with E-state index in [1.165, 1.54) is 16.7 Å². The normalized spacial score (nSPS) is 10.3. The summed E-state index contributed by atoms with van der Waals surface area (Å²) in [4.78, 5) is 0. The molecule has 0 fully saturated rings. The highest BCUT2D eigenvalue weighted by molar-refractivity contribution is 6.17. The summed E-state index contributed by atoms with van der Waals surface area (Å²) in [5.41, 5.74) is 3.69. The van der Waals surface area contributed by atoms with Crippen LogP contribution in [0.25, 0.3) is 0 Å². The van der Waals surface area contributed by atoms with Crippen molar-refractivity contribution >= 4 is 11.6 Å². The molecule has 2 heteroatoms. The van der Waals surface area contributed by atoms with Gasteiger partial charge in [-0.1, -0.05) is 17.7 Å². The number of halogens is 1. The second-order valence-electron chi connectivity index (χ2n) is 3.62. The van der Waals surface area contributed by atoms with Crippen molar-refractivity contribution < 1.29 is 4.74 Å². The Bertz CT molecular complexity index is 284. The molecule has 0 bridgehead atoms. The molecule has 0 N–H and O–H groups in total. The van der Waals surface area contributed by atoms with Crippen LogP contribution in [0.3, 0.4) is 0 Å². The molecule has 0 saturated heterocycles. The molecule has 0 aromatic heterocycles. The van der Waals surface area contributed by atoms with Crippen LogP contribution in [0.2, 0.25) is 0 Å². The van der Waals surface area contributed by atoms with Gasteiger partial charge in [-0.15, -0.1) is 11.6 Å². The predicted octanol–water partition coefficient (Wildman–Crippen LogP) is 3.62. The van der Waals surface area contributed by atoms with Gasteiger partial charge < -0.3 is 4.74 Å². The molecule has 1 rings (SSSR count). The molecule has 1 aromatic carbocycles. The minimum absolute atomic E-state index is 0.657. The number of alkyl halides is 1. The molecular formula is C12H17ClO. The van der Waals surface area contributed by atoms with Crippen LogP contribution >= 0.6 is 11.6 Å². The van der Waals surface area contributed by atoms with Crippen molar-refractivity contribution in [3.8, 4) is 5.75 Å². The van der Waals surface area contributed by atoms with Crippen molar-refractivity contribution in [2.45, 2.75) is 27.2 Å². The van der Waals surface area contributed by atoms with Crippen molar-refractivity contribution in [2.75, 3.05) is 12.5 Å². The molecule has 0 aliphatic carbocycles. The smallest absolute Gasteiger partial charge is 0.125 e. The third-order valence-electron chi connectivity index (χ3n) is 2.13. The molecule has 0 aliphatic heterocycles. The van der Waals surface area contributed by atoms with E-state index >= 15 is 0 Å². The van der Waals surface area contributed by atoms with Crippen molar-refractivity contribution in [3.05, 3.63) is 28.8 Å². The van der Waals surface area contributed by atoms with Gasteiger partial charge in [0.05, 0.1) is 6.61 Å². The Morgan fingerprint density at radius 3 is 2.21 bits per heavy atom. The van der Waals surface area contributed by atoms with Crippen LogP contribution in [0.1, 0.15) is 23.1 Å². The largest absolute Gasteiger partial charge is 0.493 e. The zero-order valence-electron chi connectivity index (χ0n) is 9.06. The molecule has 0 heterocycles. The highest BCUT2D eigenvalue weighted by Gasteiger charge is 2.04. The minimum Gasteiger partial charge on any atom is -0.493 e. The lowest BCUT2D eigenvalue weighted by atomic mass is 10.1. The molecule has 0 aliphatic rings. The second kappa shape index (κ2) is 5.26. The molecule has 0 radical (unpaired) electrons.